The van der Waals surface area contributed by atoms with E-state index in [2.05, 4.69) is 41.6 Å². The Morgan fingerprint density at radius 3 is 2.69 bits per heavy atom. The predicted molar refractivity (Wildman–Crippen MR) is 54.8 cm³/mol. The van der Waals surface area contributed by atoms with Gasteiger partial charge in [0, 0.05) is 10.9 Å². The van der Waals surface area contributed by atoms with Crippen molar-refractivity contribution in [1.29, 1.82) is 0 Å². The monoisotopic (exact) mass is 190 g/mol. The lowest BCUT2D eigenvalue weighted by Gasteiger charge is -2.02. The van der Waals surface area contributed by atoms with Crippen molar-refractivity contribution in [1.82, 2.24) is 9.59 Å². The summed E-state index contributed by atoms with van der Waals surface area (Å²) >= 11 is 1.39. The van der Waals surface area contributed by atoms with Crippen LogP contribution in [0.4, 0.5) is 0 Å². The van der Waals surface area contributed by atoms with Crippen LogP contribution < -0.4 is 0 Å². The fourth-order valence-electron chi connectivity index (χ4n) is 1.38. The Kier molecular flexibility index (Phi) is 2.10. The van der Waals surface area contributed by atoms with Crippen molar-refractivity contribution < 1.29 is 0 Å². The summed E-state index contributed by atoms with van der Waals surface area (Å²) in [6.45, 7) is 4.19. The Morgan fingerprint density at radius 2 is 2.08 bits per heavy atom. The number of hydrogen-bond donors (Lipinski definition) is 0. The van der Waals surface area contributed by atoms with E-state index >= 15 is 0 Å². The summed E-state index contributed by atoms with van der Waals surface area (Å²) in [5, 5.41) is 6.02. The van der Waals surface area contributed by atoms with E-state index in [1.54, 1.807) is 0 Å². The Morgan fingerprint density at radius 1 is 1.23 bits per heavy atom. The van der Waals surface area contributed by atoms with E-state index in [1.807, 2.05) is 5.38 Å². The zero-order valence-corrected chi connectivity index (χ0v) is 8.43. The van der Waals surface area contributed by atoms with Gasteiger partial charge in [0.2, 0.25) is 0 Å². The maximum atomic E-state index is 4.05. The molecule has 2 rings (SSSR count). The molecular weight excluding hydrogens is 180 g/mol. The van der Waals surface area contributed by atoms with E-state index in [0.717, 1.165) is 5.69 Å². The number of hydrogen-bond acceptors (Lipinski definition) is 3. The molecule has 2 nitrogen and oxygen atoms in total. The highest BCUT2D eigenvalue weighted by atomic mass is 32.1. The summed E-state index contributed by atoms with van der Waals surface area (Å²) in [5.74, 6) is 0. The largest absolute Gasteiger partial charge is 0.138 e. The summed E-state index contributed by atoms with van der Waals surface area (Å²) in [6.07, 6.45) is 0. The van der Waals surface area contributed by atoms with Crippen LogP contribution in [-0.2, 0) is 0 Å². The molecule has 0 saturated heterocycles. The molecule has 0 bridgehead atoms. The molecular formula is C10H10N2S. The zero-order valence-electron chi connectivity index (χ0n) is 7.61. The van der Waals surface area contributed by atoms with E-state index in [1.165, 1.54) is 28.2 Å². The molecule has 0 atom stereocenters. The molecule has 0 fully saturated rings. The first-order valence-corrected chi connectivity index (χ1v) is 4.96. The second-order valence-corrected chi connectivity index (χ2v) is 3.72. The summed E-state index contributed by atoms with van der Waals surface area (Å²) in [6, 6.07) is 6.36. The third-order valence-electron chi connectivity index (χ3n) is 2.02. The van der Waals surface area contributed by atoms with Gasteiger partial charge in [0.25, 0.3) is 0 Å². The van der Waals surface area contributed by atoms with Crippen molar-refractivity contribution >= 4 is 11.5 Å². The van der Waals surface area contributed by atoms with Crippen molar-refractivity contribution in [2.45, 2.75) is 13.8 Å². The molecule has 0 aliphatic heterocycles. The van der Waals surface area contributed by atoms with Crippen LogP contribution in [0.1, 0.15) is 11.1 Å². The summed E-state index contributed by atoms with van der Waals surface area (Å²) < 4.78 is 3.85. The lowest BCUT2D eigenvalue weighted by atomic mass is 10.0. The molecule has 2 aromatic rings. The first-order valence-electron chi connectivity index (χ1n) is 4.12. The van der Waals surface area contributed by atoms with Gasteiger partial charge in [-0.15, -0.1) is 5.10 Å². The van der Waals surface area contributed by atoms with Crippen LogP contribution in [0.5, 0.6) is 0 Å². The number of aromatic nitrogens is 2. The topological polar surface area (TPSA) is 25.8 Å². The lowest BCUT2D eigenvalue weighted by Crippen LogP contribution is -1.84. The molecule has 1 aromatic carbocycles. The zero-order chi connectivity index (χ0) is 9.26. The van der Waals surface area contributed by atoms with E-state index in [-0.39, 0.29) is 0 Å². The standard InChI is InChI=1S/C10H10N2S/c1-7-3-4-9(8(2)5-7)10-6-13-12-11-10/h3-6H,1-2H3. The van der Waals surface area contributed by atoms with Crippen LogP contribution in [0.15, 0.2) is 23.6 Å². The van der Waals surface area contributed by atoms with Crippen molar-refractivity contribution in [3.05, 3.63) is 34.7 Å². The van der Waals surface area contributed by atoms with Gasteiger partial charge < -0.3 is 0 Å². The van der Waals surface area contributed by atoms with Crippen LogP contribution in [0.25, 0.3) is 11.3 Å². The van der Waals surface area contributed by atoms with Crippen LogP contribution >= 0.6 is 11.5 Å². The molecule has 0 unspecified atom stereocenters. The normalized spacial score (nSPS) is 10.3. The molecule has 0 aliphatic rings. The number of nitrogens with zero attached hydrogens (tertiary/aromatic N) is 2. The van der Waals surface area contributed by atoms with Crippen LogP contribution in [0.3, 0.4) is 0 Å². The van der Waals surface area contributed by atoms with Crippen molar-refractivity contribution in [3.63, 3.8) is 0 Å². The molecule has 13 heavy (non-hydrogen) atoms. The Labute approximate surface area is 81.4 Å². The average molecular weight is 190 g/mol. The summed E-state index contributed by atoms with van der Waals surface area (Å²) in [7, 11) is 0. The molecule has 0 radical (unpaired) electrons. The first kappa shape index (κ1) is 8.38. The predicted octanol–water partition coefficient (Wildman–Crippen LogP) is 2.82. The van der Waals surface area contributed by atoms with Gasteiger partial charge in [-0.2, -0.15) is 0 Å². The number of benzene rings is 1. The fourth-order valence-corrected chi connectivity index (χ4v) is 1.84. The van der Waals surface area contributed by atoms with E-state index in [4.69, 9.17) is 0 Å². The van der Waals surface area contributed by atoms with Crippen molar-refractivity contribution in [2.24, 2.45) is 0 Å². The first-order chi connectivity index (χ1) is 6.27. The summed E-state index contributed by atoms with van der Waals surface area (Å²) in [4.78, 5) is 0. The Bertz CT molecular complexity index is 407. The molecule has 0 N–H and O–H groups in total. The second-order valence-electron chi connectivity index (χ2n) is 3.11. The molecule has 3 heteroatoms. The van der Waals surface area contributed by atoms with E-state index in [0.29, 0.717) is 0 Å². The molecule has 1 aromatic heterocycles. The van der Waals surface area contributed by atoms with Gasteiger partial charge in [0.05, 0.1) is 0 Å². The molecule has 0 saturated carbocycles. The third kappa shape index (κ3) is 1.60. The van der Waals surface area contributed by atoms with Gasteiger partial charge in [-0.25, -0.2) is 0 Å². The minimum absolute atomic E-state index is 0.975. The highest BCUT2D eigenvalue weighted by Gasteiger charge is 2.03. The lowest BCUT2D eigenvalue weighted by molar-refractivity contribution is 1.16. The van der Waals surface area contributed by atoms with Gasteiger partial charge in [-0.1, -0.05) is 28.3 Å². The number of aryl methyl sites for hydroxylation is 2. The maximum Gasteiger partial charge on any atom is 0.106 e. The number of rotatable bonds is 1. The average Bonchev–Trinajstić information content (AvgIpc) is 2.56. The van der Waals surface area contributed by atoms with E-state index in [9.17, 15) is 0 Å². The molecule has 0 aliphatic carbocycles. The molecule has 0 amide bonds. The fraction of sp³-hybridized carbons (Fsp3) is 0.200. The second kappa shape index (κ2) is 3.26. The summed E-state index contributed by atoms with van der Waals surface area (Å²) in [5.41, 5.74) is 4.69. The minimum atomic E-state index is 0.975. The molecule has 1 heterocycles. The molecule has 0 spiro atoms. The van der Waals surface area contributed by atoms with Gasteiger partial charge in [0.1, 0.15) is 5.69 Å². The van der Waals surface area contributed by atoms with Crippen LogP contribution in [0, 0.1) is 13.8 Å². The quantitative estimate of drug-likeness (QED) is 0.691. The van der Waals surface area contributed by atoms with E-state index < -0.39 is 0 Å². The molecule has 66 valence electrons. The highest BCUT2D eigenvalue weighted by molar-refractivity contribution is 7.03. The smallest absolute Gasteiger partial charge is 0.106 e. The highest BCUT2D eigenvalue weighted by Crippen LogP contribution is 2.22. The van der Waals surface area contributed by atoms with Gasteiger partial charge in [-0.3, -0.25) is 0 Å². The van der Waals surface area contributed by atoms with Crippen LogP contribution in [-0.4, -0.2) is 9.59 Å². The Balaban J connectivity index is 2.53. The van der Waals surface area contributed by atoms with Crippen molar-refractivity contribution in [2.75, 3.05) is 0 Å². The minimum Gasteiger partial charge on any atom is -0.138 e. The van der Waals surface area contributed by atoms with Gasteiger partial charge in [0.15, 0.2) is 0 Å². The van der Waals surface area contributed by atoms with Crippen molar-refractivity contribution in [3.8, 4) is 11.3 Å². The Hall–Kier alpha value is -1.22. The maximum absolute atomic E-state index is 4.05. The third-order valence-corrected chi connectivity index (χ3v) is 2.52. The SMILES string of the molecule is Cc1ccc(-c2csnn2)c(C)c1. The van der Waals surface area contributed by atoms with Gasteiger partial charge >= 0.3 is 0 Å². The van der Waals surface area contributed by atoms with Crippen LogP contribution in [0.2, 0.25) is 0 Å². The van der Waals surface area contributed by atoms with Gasteiger partial charge in [-0.05, 0) is 30.9 Å².